The predicted octanol–water partition coefficient (Wildman–Crippen LogP) is 2.89. The van der Waals surface area contributed by atoms with Crippen molar-refractivity contribution in [3.63, 3.8) is 0 Å². The van der Waals surface area contributed by atoms with Gasteiger partial charge < -0.3 is 16.4 Å². The summed E-state index contributed by atoms with van der Waals surface area (Å²) in [6.07, 6.45) is 0. The van der Waals surface area contributed by atoms with Gasteiger partial charge in [-0.15, -0.1) is 0 Å². The van der Waals surface area contributed by atoms with Gasteiger partial charge in [0.2, 0.25) is 0 Å². The van der Waals surface area contributed by atoms with E-state index in [0.717, 1.165) is 16.8 Å². The molecule has 4 nitrogen and oxygen atoms in total. The van der Waals surface area contributed by atoms with Gasteiger partial charge >= 0.3 is 6.03 Å². The lowest BCUT2D eigenvalue weighted by atomic mass is 10.0. The number of primary amides is 1. The van der Waals surface area contributed by atoms with E-state index in [4.69, 9.17) is 5.73 Å². The van der Waals surface area contributed by atoms with Crippen LogP contribution in [0.3, 0.4) is 0 Å². The Hall–Kier alpha value is -2.49. The first-order chi connectivity index (χ1) is 8.69. The summed E-state index contributed by atoms with van der Waals surface area (Å²) in [5, 5.41) is 5.66. The Bertz CT molecular complexity index is 566. The molecular formula is C14H15N3O. The molecule has 0 aromatic heterocycles. The fourth-order valence-electron chi connectivity index (χ4n) is 1.77. The Balaban J connectivity index is 2.34. The second-order valence-electron chi connectivity index (χ2n) is 3.90. The normalized spacial score (nSPS) is 9.83. The SMILES string of the molecule is CNc1cccc(-c2cccc(NC(N)=O)c2)c1. The lowest BCUT2D eigenvalue weighted by molar-refractivity contribution is 0.259. The van der Waals surface area contributed by atoms with Gasteiger partial charge in [0.25, 0.3) is 0 Å². The maximum absolute atomic E-state index is 10.8. The molecule has 0 radical (unpaired) electrons. The Morgan fingerprint density at radius 3 is 2.11 bits per heavy atom. The minimum atomic E-state index is -0.559. The first kappa shape index (κ1) is 12.0. The van der Waals surface area contributed by atoms with E-state index in [1.807, 2.05) is 49.5 Å². The van der Waals surface area contributed by atoms with E-state index < -0.39 is 6.03 Å². The number of carbonyl (C=O) groups is 1. The van der Waals surface area contributed by atoms with Crippen molar-refractivity contribution in [1.82, 2.24) is 0 Å². The van der Waals surface area contributed by atoms with Crippen molar-refractivity contribution in [2.45, 2.75) is 0 Å². The number of nitrogens with one attached hydrogen (secondary N) is 2. The average Bonchev–Trinajstić information content (AvgIpc) is 2.38. The number of rotatable bonds is 3. The van der Waals surface area contributed by atoms with Crippen LogP contribution in [0.25, 0.3) is 11.1 Å². The molecule has 2 amide bonds. The van der Waals surface area contributed by atoms with Gasteiger partial charge in [-0.1, -0.05) is 24.3 Å². The first-order valence-electron chi connectivity index (χ1n) is 5.64. The third-order valence-electron chi connectivity index (χ3n) is 2.61. The molecule has 18 heavy (non-hydrogen) atoms. The zero-order valence-corrected chi connectivity index (χ0v) is 10.1. The number of hydrogen-bond donors (Lipinski definition) is 3. The number of urea groups is 1. The topological polar surface area (TPSA) is 67.2 Å². The third kappa shape index (κ3) is 2.79. The molecule has 0 aliphatic rings. The Morgan fingerprint density at radius 1 is 1.00 bits per heavy atom. The predicted molar refractivity (Wildman–Crippen MR) is 74.6 cm³/mol. The number of carbonyl (C=O) groups excluding carboxylic acids is 1. The summed E-state index contributed by atoms with van der Waals surface area (Å²) >= 11 is 0. The summed E-state index contributed by atoms with van der Waals surface area (Å²) in [6, 6.07) is 15.0. The molecular weight excluding hydrogens is 226 g/mol. The molecule has 0 bridgehead atoms. The summed E-state index contributed by atoms with van der Waals surface area (Å²) in [7, 11) is 1.88. The molecule has 0 saturated heterocycles. The molecule has 0 spiro atoms. The van der Waals surface area contributed by atoms with Crippen LogP contribution in [0, 0.1) is 0 Å². The number of anilines is 2. The molecule has 92 valence electrons. The van der Waals surface area contributed by atoms with E-state index >= 15 is 0 Å². The molecule has 0 atom stereocenters. The molecule has 2 aromatic rings. The van der Waals surface area contributed by atoms with Gasteiger partial charge in [0.1, 0.15) is 0 Å². The molecule has 0 aliphatic heterocycles. The fourth-order valence-corrected chi connectivity index (χ4v) is 1.77. The number of nitrogens with two attached hydrogens (primary N) is 1. The highest BCUT2D eigenvalue weighted by molar-refractivity contribution is 5.88. The van der Waals surface area contributed by atoms with Crippen LogP contribution in [-0.2, 0) is 0 Å². The van der Waals surface area contributed by atoms with Crippen molar-refractivity contribution in [2.24, 2.45) is 5.73 Å². The van der Waals surface area contributed by atoms with Crippen molar-refractivity contribution >= 4 is 17.4 Å². The maximum atomic E-state index is 10.8. The van der Waals surface area contributed by atoms with E-state index in [1.165, 1.54) is 0 Å². The van der Waals surface area contributed by atoms with E-state index in [-0.39, 0.29) is 0 Å². The van der Waals surface area contributed by atoms with Gasteiger partial charge in [-0.25, -0.2) is 4.79 Å². The molecule has 0 heterocycles. The van der Waals surface area contributed by atoms with Crippen molar-refractivity contribution < 1.29 is 4.79 Å². The van der Waals surface area contributed by atoms with Crippen LogP contribution in [0.4, 0.5) is 16.2 Å². The summed E-state index contributed by atoms with van der Waals surface area (Å²) in [5.74, 6) is 0. The molecule has 0 unspecified atom stereocenters. The third-order valence-corrected chi connectivity index (χ3v) is 2.61. The average molecular weight is 241 g/mol. The highest BCUT2D eigenvalue weighted by Gasteiger charge is 2.01. The standard InChI is InChI=1S/C14H15N3O/c1-16-12-6-2-4-10(8-12)11-5-3-7-13(9-11)17-14(15)18/h2-9,16H,1H3,(H3,15,17,18). The monoisotopic (exact) mass is 241 g/mol. The van der Waals surface area contributed by atoms with Crippen LogP contribution in [0.5, 0.6) is 0 Å². The van der Waals surface area contributed by atoms with Crippen molar-refractivity contribution in [3.8, 4) is 11.1 Å². The minimum Gasteiger partial charge on any atom is -0.388 e. The van der Waals surface area contributed by atoms with Gasteiger partial charge in [0.05, 0.1) is 0 Å². The largest absolute Gasteiger partial charge is 0.388 e. The van der Waals surface area contributed by atoms with Crippen LogP contribution in [0.15, 0.2) is 48.5 Å². The quantitative estimate of drug-likeness (QED) is 0.773. The van der Waals surface area contributed by atoms with Gasteiger partial charge in [0, 0.05) is 18.4 Å². The molecule has 4 N–H and O–H groups in total. The zero-order chi connectivity index (χ0) is 13.0. The molecule has 0 aliphatic carbocycles. The molecule has 2 aromatic carbocycles. The fraction of sp³-hybridized carbons (Fsp3) is 0.0714. The Morgan fingerprint density at radius 2 is 1.56 bits per heavy atom. The minimum absolute atomic E-state index is 0.559. The summed E-state index contributed by atoms with van der Waals surface area (Å²) in [5.41, 5.74) is 8.94. The van der Waals surface area contributed by atoms with Gasteiger partial charge in [0.15, 0.2) is 0 Å². The second kappa shape index (κ2) is 5.23. The second-order valence-corrected chi connectivity index (χ2v) is 3.90. The van der Waals surface area contributed by atoms with E-state index in [0.29, 0.717) is 5.69 Å². The maximum Gasteiger partial charge on any atom is 0.316 e. The highest BCUT2D eigenvalue weighted by atomic mass is 16.2. The molecule has 0 fully saturated rings. The van der Waals surface area contributed by atoms with E-state index in [9.17, 15) is 4.79 Å². The Labute approximate surface area is 106 Å². The number of hydrogen-bond acceptors (Lipinski definition) is 2. The van der Waals surface area contributed by atoms with Crippen LogP contribution in [-0.4, -0.2) is 13.1 Å². The molecule has 0 saturated carbocycles. The van der Waals surface area contributed by atoms with Crippen LogP contribution in [0.1, 0.15) is 0 Å². The van der Waals surface area contributed by atoms with Crippen molar-refractivity contribution in [1.29, 1.82) is 0 Å². The van der Waals surface area contributed by atoms with E-state index in [1.54, 1.807) is 6.07 Å². The van der Waals surface area contributed by atoms with Crippen LogP contribution < -0.4 is 16.4 Å². The lowest BCUT2D eigenvalue weighted by Gasteiger charge is -2.07. The number of amides is 2. The lowest BCUT2D eigenvalue weighted by Crippen LogP contribution is -2.19. The van der Waals surface area contributed by atoms with Gasteiger partial charge in [-0.2, -0.15) is 0 Å². The van der Waals surface area contributed by atoms with Crippen molar-refractivity contribution in [2.75, 3.05) is 17.7 Å². The van der Waals surface area contributed by atoms with Gasteiger partial charge in [-0.05, 0) is 35.4 Å². The highest BCUT2D eigenvalue weighted by Crippen LogP contribution is 2.24. The Kier molecular flexibility index (Phi) is 3.48. The van der Waals surface area contributed by atoms with Crippen molar-refractivity contribution in [3.05, 3.63) is 48.5 Å². The smallest absolute Gasteiger partial charge is 0.316 e. The first-order valence-corrected chi connectivity index (χ1v) is 5.64. The molecule has 4 heteroatoms. The van der Waals surface area contributed by atoms with Crippen LogP contribution >= 0.6 is 0 Å². The zero-order valence-electron chi connectivity index (χ0n) is 10.1. The number of benzene rings is 2. The summed E-state index contributed by atoms with van der Waals surface area (Å²) in [4.78, 5) is 10.8. The summed E-state index contributed by atoms with van der Waals surface area (Å²) in [6.45, 7) is 0. The van der Waals surface area contributed by atoms with Gasteiger partial charge in [-0.3, -0.25) is 0 Å². The summed E-state index contributed by atoms with van der Waals surface area (Å²) < 4.78 is 0. The molecule has 2 rings (SSSR count). The van der Waals surface area contributed by atoms with Crippen LogP contribution in [0.2, 0.25) is 0 Å². The van der Waals surface area contributed by atoms with E-state index in [2.05, 4.69) is 10.6 Å².